The summed E-state index contributed by atoms with van der Waals surface area (Å²) in [6.07, 6.45) is -1.32. The van der Waals surface area contributed by atoms with Gasteiger partial charge in [0, 0.05) is 0 Å². The lowest BCUT2D eigenvalue weighted by molar-refractivity contribution is -0.165. The first-order chi connectivity index (χ1) is 9.42. The molecule has 114 valence electrons. The zero-order chi connectivity index (χ0) is 15.5. The first-order valence-corrected chi connectivity index (χ1v) is 5.91. The molecule has 0 radical (unpaired) electrons. The molecule has 0 amide bonds. The van der Waals surface area contributed by atoms with Crippen LogP contribution in [0.25, 0.3) is 0 Å². The van der Waals surface area contributed by atoms with Crippen LogP contribution in [0.15, 0.2) is 0 Å². The molecule has 8 nitrogen and oxygen atoms in total. The van der Waals surface area contributed by atoms with E-state index in [1.54, 1.807) is 6.92 Å². The summed E-state index contributed by atoms with van der Waals surface area (Å²) in [5.74, 6) is -2.98. The maximum absolute atomic E-state index is 11.3. The van der Waals surface area contributed by atoms with E-state index < -0.39 is 42.8 Å². The van der Waals surface area contributed by atoms with Crippen molar-refractivity contribution < 1.29 is 38.1 Å². The molecule has 0 rings (SSSR count). The molecule has 20 heavy (non-hydrogen) atoms. The van der Waals surface area contributed by atoms with Crippen molar-refractivity contribution in [2.24, 2.45) is 0 Å². The fourth-order valence-electron chi connectivity index (χ4n) is 1.08. The molecule has 0 spiro atoms. The van der Waals surface area contributed by atoms with Gasteiger partial charge in [-0.3, -0.25) is 19.2 Å². The van der Waals surface area contributed by atoms with E-state index in [1.165, 1.54) is 0 Å². The number of carbonyl (C=O) groups excluding carboxylic acids is 4. The number of hydrogen-bond acceptors (Lipinski definition) is 8. The first kappa shape index (κ1) is 17.9. The molecule has 0 aliphatic carbocycles. The lowest BCUT2D eigenvalue weighted by atomic mass is 10.3. The minimum atomic E-state index is -0.778. The third kappa shape index (κ3) is 8.06. The molecule has 0 heterocycles. The van der Waals surface area contributed by atoms with Gasteiger partial charge >= 0.3 is 23.9 Å². The number of ether oxygens (including phenoxy) is 4. The standard InChI is InChI=1S/C12H18O8/c1-4-8(20-12(16)6-10(14)18-3)7-19-11(15)5-9(13)17-2/h8H,4-7H2,1-3H3. The third-order valence-corrected chi connectivity index (χ3v) is 2.22. The van der Waals surface area contributed by atoms with Crippen LogP contribution < -0.4 is 0 Å². The summed E-state index contributed by atoms with van der Waals surface area (Å²) in [4.78, 5) is 44.2. The topological polar surface area (TPSA) is 105 Å². The van der Waals surface area contributed by atoms with Crippen LogP contribution in [0.1, 0.15) is 26.2 Å². The predicted octanol–water partition coefficient (Wildman–Crippen LogP) is -0.0224. The maximum atomic E-state index is 11.3. The SMILES string of the molecule is CCC(COC(=O)CC(=O)OC)OC(=O)CC(=O)OC. The second kappa shape index (κ2) is 9.76. The molecule has 1 unspecified atom stereocenters. The van der Waals surface area contributed by atoms with E-state index in [-0.39, 0.29) is 6.61 Å². The van der Waals surface area contributed by atoms with Gasteiger partial charge in [0.05, 0.1) is 14.2 Å². The number of methoxy groups -OCH3 is 2. The molecule has 0 aliphatic heterocycles. The van der Waals surface area contributed by atoms with E-state index in [1.807, 2.05) is 0 Å². The van der Waals surface area contributed by atoms with Crippen molar-refractivity contribution in [1.29, 1.82) is 0 Å². The van der Waals surface area contributed by atoms with E-state index in [9.17, 15) is 19.2 Å². The Balaban J connectivity index is 4.09. The van der Waals surface area contributed by atoms with Crippen molar-refractivity contribution in [2.45, 2.75) is 32.3 Å². The molecule has 0 aromatic heterocycles. The number of carbonyl (C=O) groups is 4. The van der Waals surface area contributed by atoms with Crippen LogP contribution in [-0.2, 0) is 38.1 Å². The van der Waals surface area contributed by atoms with Crippen molar-refractivity contribution in [3.63, 3.8) is 0 Å². The second-order valence-corrected chi connectivity index (χ2v) is 3.71. The number of esters is 4. The fourth-order valence-corrected chi connectivity index (χ4v) is 1.08. The van der Waals surface area contributed by atoms with Crippen molar-refractivity contribution in [2.75, 3.05) is 20.8 Å². The summed E-state index contributed by atoms with van der Waals surface area (Å²) in [5, 5.41) is 0. The Labute approximate surface area is 116 Å². The molecule has 0 aliphatic rings. The Morgan fingerprint density at radius 3 is 1.80 bits per heavy atom. The van der Waals surface area contributed by atoms with E-state index in [4.69, 9.17) is 9.47 Å². The van der Waals surface area contributed by atoms with E-state index in [0.29, 0.717) is 6.42 Å². The Morgan fingerprint density at radius 2 is 1.35 bits per heavy atom. The number of rotatable bonds is 8. The highest BCUT2D eigenvalue weighted by Gasteiger charge is 2.19. The van der Waals surface area contributed by atoms with E-state index in [0.717, 1.165) is 14.2 Å². The molecular formula is C12H18O8. The summed E-state index contributed by atoms with van der Waals surface area (Å²) in [7, 11) is 2.31. The lowest BCUT2D eigenvalue weighted by Gasteiger charge is -2.15. The highest BCUT2D eigenvalue weighted by atomic mass is 16.6. The van der Waals surface area contributed by atoms with Gasteiger partial charge in [0.1, 0.15) is 25.6 Å². The summed E-state index contributed by atoms with van der Waals surface area (Å²) >= 11 is 0. The molecule has 0 fully saturated rings. The third-order valence-electron chi connectivity index (χ3n) is 2.22. The van der Waals surface area contributed by atoms with Crippen LogP contribution in [-0.4, -0.2) is 50.8 Å². The Hall–Kier alpha value is -2.12. The number of hydrogen-bond donors (Lipinski definition) is 0. The van der Waals surface area contributed by atoms with Gasteiger partial charge in [0.15, 0.2) is 0 Å². The quantitative estimate of drug-likeness (QED) is 0.349. The molecule has 0 saturated heterocycles. The molecule has 0 saturated carbocycles. The van der Waals surface area contributed by atoms with Crippen LogP contribution in [0.5, 0.6) is 0 Å². The van der Waals surface area contributed by atoms with Gasteiger partial charge in [-0.15, -0.1) is 0 Å². The summed E-state index contributed by atoms with van der Waals surface area (Å²) in [6, 6.07) is 0. The van der Waals surface area contributed by atoms with Crippen molar-refractivity contribution in [3.05, 3.63) is 0 Å². The van der Waals surface area contributed by atoms with Gasteiger partial charge in [-0.05, 0) is 6.42 Å². The average molecular weight is 290 g/mol. The van der Waals surface area contributed by atoms with Crippen LogP contribution in [0.4, 0.5) is 0 Å². The van der Waals surface area contributed by atoms with Gasteiger partial charge in [0.25, 0.3) is 0 Å². The Bertz CT molecular complexity index is 362. The minimum absolute atomic E-state index is 0.195. The van der Waals surface area contributed by atoms with Crippen molar-refractivity contribution in [1.82, 2.24) is 0 Å². The molecule has 1 atom stereocenters. The lowest BCUT2D eigenvalue weighted by Crippen LogP contribution is -2.26. The van der Waals surface area contributed by atoms with Crippen LogP contribution in [0.3, 0.4) is 0 Å². The molecular weight excluding hydrogens is 272 g/mol. The highest BCUT2D eigenvalue weighted by Crippen LogP contribution is 2.03. The fraction of sp³-hybridized carbons (Fsp3) is 0.667. The van der Waals surface area contributed by atoms with Crippen molar-refractivity contribution >= 4 is 23.9 Å². The average Bonchev–Trinajstić information content (AvgIpc) is 2.42. The van der Waals surface area contributed by atoms with Gasteiger partial charge < -0.3 is 18.9 Å². The molecule has 0 aromatic carbocycles. The van der Waals surface area contributed by atoms with E-state index in [2.05, 4.69) is 9.47 Å². The van der Waals surface area contributed by atoms with Gasteiger partial charge in [-0.2, -0.15) is 0 Å². The summed E-state index contributed by atoms with van der Waals surface area (Å²) < 4.78 is 18.3. The second-order valence-electron chi connectivity index (χ2n) is 3.71. The predicted molar refractivity (Wildman–Crippen MR) is 64.4 cm³/mol. The zero-order valence-corrected chi connectivity index (χ0v) is 11.7. The van der Waals surface area contributed by atoms with Crippen molar-refractivity contribution in [3.8, 4) is 0 Å². The van der Waals surface area contributed by atoms with E-state index >= 15 is 0 Å². The largest absolute Gasteiger partial charge is 0.469 e. The molecule has 0 N–H and O–H groups in total. The van der Waals surface area contributed by atoms with Gasteiger partial charge in [0.2, 0.25) is 0 Å². The smallest absolute Gasteiger partial charge is 0.317 e. The highest BCUT2D eigenvalue weighted by molar-refractivity contribution is 5.91. The van der Waals surface area contributed by atoms with Crippen LogP contribution in [0.2, 0.25) is 0 Å². The maximum Gasteiger partial charge on any atom is 0.317 e. The molecule has 0 aromatic rings. The molecule has 0 bridgehead atoms. The summed E-state index contributed by atoms with van der Waals surface area (Å²) in [5.41, 5.74) is 0. The first-order valence-electron chi connectivity index (χ1n) is 5.91. The molecule has 8 heteroatoms. The summed E-state index contributed by atoms with van der Waals surface area (Å²) in [6.45, 7) is 1.52. The van der Waals surface area contributed by atoms with Crippen LogP contribution in [0, 0.1) is 0 Å². The Kier molecular flexibility index (Phi) is 8.73. The van der Waals surface area contributed by atoms with Crippen LogP contribution >= 0.6 is 0 Å². The normalized spacial score (nSPS) is 11.2. The Morgan fingerprint density at radius 1 is 0.850 bits per heavy atom. The minimum Gasteiger partial charge on any atom is -0.469 e. The van der Waals surface area contributed by atoms with Gasteiger partial charge in [-0.1, -0.05) is 6.92 Å². The zero-order valence-electron chi connectivity index (χ0n) is 11.7. The van der Waals surface area contributed by atoms with Gasteiger partial charge in [-0.25, -0.2) is 0 Å². The monoisotopic (exact) mass is 290 g/mol.